The maximum Gasteiger partial charge on any atom is 0.325 e. The van der Waals surface area contributed by atoms with E-state index >= 15 is 0 Å². The molecule has 1 heterocycles. The van der Waals surface area contributed by atoms with Crippen LogP contribution in [0.15, 0.2) is 24.5 Å². The summed E-state index contributed by atoms with van der Waals surface area (Å²) in [6.45, 7) is 1.87. The maximum atomic E-state index is 11.6. The lowest BCUT2D eigenvalue weighted by molar-refractivity contribution is -0.141. The molecule has 1 aromatic rings. The third kappa shape index (κ3) is 4.10. The lowest BCUT2D eigenvalue weighted by atomic mass is 10.4. The normalized spacial score (nSPS) is 9.53. The number of pyridine rings is 1. The SMILES string of the molecule is CCOC(=O)CNC(=O)N(C)c1cccnc1. The molecule has 0 saturated heterocycles. The van der Waals surface area contributed by atoms with Gasteiger partial charge in [0.2, 0.25) is 0 Å². The van der Waals surface area contributed by atoms with Gasteiger partial charge in [-0.05, 0) is 19.1 Å². The summed E-state index contributed by atoms with van der Waals surface area (Å²) < 4.78 is 4.69. The van der Waals surface area contributed by atoms with Crippen molar-refractivity contribution in [2.45, 2.75) is 6.92 Å². The monoisotopic (exact) mass is 237 g/mol. The zero-order chi connectivity index (χ0) is 12.7. The highest BCUT2D eigenvalue weighted by molar-refractivity contribution is 5.93. The van der Waals surface area contributed by atoms with Gasteiger partial charge in [-0.2, -0.15) is 0 Å². The highest BCUT2D eigenvalue weighted by Crippen LogP contribution is 2.08. The molecule has 0 aliphatic carbocycles. The second-order valence-corrected chi connectivity index (χ2v) is 3.23. The molecule has 0 aliphatic heterocycles. The molecule has 92 valence electrons. The van der Waals surface area contributed by atoms with Crippen LogP contribution in [0, 0.1) is 0 Å². The van der Waals surface area contributed by atoms with Gasteiger partial charge in [-0.1, -0.05) is 0 Å². The van der Waals surface area contributed by atoms with Gasteiger partial charge in [0, 0.05) is 13.2 Å². The summed E-state index contributed by atoms with van der Waals surface area (Å²) in [5.74, 6) is -0.458. The lowest BCUT2D eigenvalue weighted by Crippen LogP contribution is -2.40. The molecule has 6 heteroatoms. The molecule has 0 radical (unpaired) electrons. The molecule has 6 nitrogen and oxygen atoms in total. The molecular formula is C11H15N3O3. The topological polar surface area (TPSA) is 71.5 Å². The summed E-state index contributed by atoms with van der Waals surface area (Å²) in [6, 6.07) is 3.09. The number of nitrogens with zero attached hydrogens (tertiary/aromatic N) is 2. The molecule has 1 N–H and O–H groups in total. The van der Waals surface area contributed by atoms with Crippen molar-refractivity contribution in [2.24, 2.45) is 0 Å². The van der Waals surface area contributed by atoms with Crippen LogP contribution in [0.1, 0.15) is 6.92 Å². The Balaban J connectivity index is 2.45. The van der Waals surface area contributed by atoms with E-state index in [9.17, 15) is 9.59 Å². The number of anilines is 1. The number of hydrogen-bond acceptors (Lipinski definition) is 4. The first-order valence-electron chi connectivity index (χ1n) is 5.22. The van der Waals surface area contributed by atoms with Crippen LogP contribution in [0.4, 0.5) is 10.5 Å². The minimum absolute atomic E-state index is 0.142. The molecule has 0 aromatic carbocycles. The minimum Gasteiger partial charge on any atom is -0.465 e. The highest BCUT2D eigenvalue weighted by Gasteiger charge is 2.11. The molecule has 0 unspecified atom stereocenters. The van der Waals surface area contributed by atoms with Crippen LogP contribution in [0.2, 0.25) is 0 Å². The summed E-state index contributed by atoms with van der Waals surface area (Å²) in [5.41, 5.74) is 0.647. The van der Waals surface area contributed by atoms with E-state index in [1.807, 2.05) is 0 Å². The number of urea groups is 1. The summed E-state index contributed by atoms with van der Waals surface area (Å²) in [5, 5.41) is 2.45. The maximum absolute atomic E-state index is 11.6. The Bertz CT molecular complexity index is 381. The van der Waals surface area contributed by atoms with Crippen LogP contribution >= 0.6 is 0 Å². The van der Waals surface area contributed by atoms with E-state index in [2.05, 4.69) is 10.3 Å². The smallest absolute Gasteiger partial charge is 0.325 e. The molecule has 2 amide bonds. The number of nitrogens with one attached hydrogen (secondary N) is 1. The van der Waals surface area contributed by atoms with E-state index in [0.717, 1.165) is 0 Å². The summed E-state index contributed by atoms with van der Waals surface area (Å²) in [4.78, 5) is 27.9. The fourth-order valence-electron chi connectivity index (χ4n) is 1.15. The van der Waals surface area contributed by atoms with E-state index in [0.29, 0.717) is 12.3 Å². The van der Waals surface area contributed by atoms with E-state index in [1.54, 1.807) is 38.5 Å². The first-order chi connectivity index (χ1) is 8.15. The zero-order valence-electron chi connectivity index (χ0n) is 9.84. The van der Waals surface area contributed by atoms with Gasteiger partial charge >= 0.3 is 12.0 Å². The quantitative estimate of drug-likeness (QED) is 0.786. The molecule has 0 bridgehead atoms. The number of carbonyl (C=O) groups is 2. The van der Waals surface area contributed by atoms with Crippen molar-refractivity contribution in [1.29, 1.82) is 0 Å². The highest BCUT2D eigenvalue weighted by atomic mass is 16.5. The van der Waals surface area contributed by atoms with Gasteiger partial charge in [0.15, 0.2) is 0 Å². The van der Waals surface area contributed by atoms with E-state index in [1.165, 1.54) is 4.90 Å². The predicted molar refractivity (Wildman–Crippen MR) is 62.7 cm³/mol. The minimum atomic E-state index is -0.458. The van der Waals surface area contributed by atoms with Crippen LogP contribution in [0.3, 0.4) is 0 Å². The van der Waals surface area contributed by atoms with Crippen molar-refractivity contribution in [3.8, 4) is 0 Å². The van der Waals surface area contributed by atoms with Crippen molar-refractivity contribution in [3.63, 3.8) is 0 Å². The lowest BCUT2D eigenvalue weighted by Gasteiger charge is -2.17. The van der Waals surface area contributed by atoms with E-state index in [-0.39, 0.29) is 12.6 Å². The summed E-state index contributed by atoms with van der Waals surface area (Å²) >= 11 is 0. The second-order valence-electron chi connectivity index (χ2n) is 3.23. The molecule has 0 aliphatic rings. The number of hydrogen-bond donors (Lipinski definition) is 1. The Labute approximate surface area is 99.6 Å². The molecule has 0 atom stereocenters. The van der Waals surface area contributed by atoms with Crippen LogP contribution in [0.5, 0.6) is 0 Å². The fourth-order valence-corrected chi connectivity index (χ4v) is 1.15. The average Bonchev–Trinajstić information content (AvgIpc) is 2.36. The van der Waals surface area contributed by atoms with Gasteiger partial charge in [-0.3, -0.25) is 14.7 Å². The first kappa shape index (κ1) is 13.0. The molecule has 0 fully saturated rings. The van der Waals surface area contributed by atoms with Crippen molar-refractivity contribution in [2.75, 3.05) is 25.1 Å². The molecule has 0 spiro atoms. The Hall–Kier alpha value is -2.11. The summed E-state index contributed by atoms with van der Waals surface area (Å²) in [7, 11) is 1.59. The van der Waals surface area contributed by atoms with Gasteiger partial charge in [-0.25, -0.2) is 4.79 Å². The first-order valence-corrected chi connectivity index (χ1v) is 5.22. The van der Waals surface area contributed by atoms with E-state index in [4.69, 9.17) is 4.74 Å². The number of esters is 1. The van der Waals surface area contributed by atoms with Gasteiger partial charge in [0.25, 0.3) is 0 Å². The van der Waals surface area contributed by atoms with Crippen molar-refractivity contribution in [1.82, 2.24) is 10.3 Å². The molecule has 0 saturated carbocycles. The Morgan fingerprint density at radius 2 is 2.29 bits per heavy atom. The predicted octanol–water partition coefficient (Wildman–Crippen LogP) is 0.790. The number of ether oxygens (including phenoxy) is 1. The Kier molecular flexibility index (Phi) is 4.93. The number of carbonyl (C=O) groups excluding carboxylic acids is 2. The Morgan fingerprint density at radius 1 is 1.53 bits per heavy atom. The Morgan fingerprint density at radius 3 is 2.88 bits per heavy atom. The molecule has 17 heavy (non-hydrogen) atoms. The third-order valence-corrected chi connectivity index (χ3v) is 2.03. The van der Waals surface area contributed by atoms with Crippen LogP contribution in [0.25, 0.3) is 0 Å². The molecule has 1 rings (SSSR count). The average molecular weight is 237 g/mol. The van der Waals surface area contributed by atoms with Crippen molar-refractivity contribution >= 4 is 17.7 Å². The van der Waals surface area contributed by atoms with Crippen LogP contribution in [-0.2, 0) is 9.53 Å². The number of rotatable bonds is 4. The van der Waals surface area contributed by atoms with E-state index < -0.39 is 5.97 Å². The summed E-state index contributed by atoms with van der Waals surface area (Å²) in [6.07, 6.45) is 3.18. The van der Waals surface area contributed by atoms with Crippen molar-refractivity contribution < 1.29 is 14.3 Å². The third-order valence-electron chi connectivity index (χ3n) is 2.03. The molecular weight excluding hydrogens is 222 g/mol. The number of aromatic nitrogens is 1. The van der Waals surface area contributed by atoms with Crippen LogP contribution < -0.4 is 10.2 Å². The van der Waals surface area contributed by atoms with Gasteiger partial charge < -0.3 is 10.1 Å². The van der Waals surface area contributed by atoms with Gasteiger partial charge in [0.05, 0.1) is 18.5 Å². The van der Waals surface area contributed by atoms with Gasteiger partial charge in [-0.15, -0.1) is 0 Å². The second kappa shape index (κ2) is 6.47. The molecule has 1 aromatic heterocycles. The van der Waals surface area contributed by atoms with Crippen LogP contribution in [-0.4, -0.2) is 37.2 Å². The number of amides is 2. The van der Waals surface area contributed by atoms with Gasteiger partial charge in [0.1, 0.15) is 6.54 Å². The fraction of sp³-hybridized carbons (Fsp3) is 0.364. The zero-order valence-corrected chi connectivity index (χ0v) is 9.84. The standard InChI is InChI=1S/C11H15N3O3/c1-3-17-10(15)8-13-11(16)14(2)9-5-4-6-12-7-9/h4-7H,3,8H2,1-2H3,(H,13,16). The van der Waals surface area contributed by atoms with Crippen molar-refractivity contribution in [3.05, 3.63) is 24.5 Å². The largest absolute Gasteiger partial charge is 0.465 e.